The summed E-state index contributed by atoms with van der Waals surface area (Å²) in [5.74, 6) is 0.0657. The molecule has 7 nitrogen and oxygen atoms in total. The summed E-state index contributed by atoms with van der Waals surface area (Å²) < 4.78 is 44.8. The Balaban J connectivity index is 1.95. The molecule has 0 fully saturated rings. The van der Waals surface area contributed by atoms with E-state index in [-0.39, 0.29) is 28.7 Å². The topological polar surface area (TPSA) is 71.0 Å². The lowest BCUT2D eigenvalue weighted by Gasteiger charge is -2.10. The normalized spacial score (nSPS) is 11.9. The molecule has 0 amide bonds. The molecule has 2 aromatic heterocycles. The van der Waals surface area contributed by atoms with Crippen LogP contribution in [0.4, 0.5) is 13.2 Å². The van der Waals surface area contributed by atoms with Crippen LogP contribution in [0.5, 0.6) is 5.75 Å². The number of alkyl halides is 3. The standard InChI is InChI=1S/C16H14ClF3N4O3/c1-22-12-11(13(25)23(2)15(22)26)24(14(17)21-12)7-9-3-5-10(6-4-9)27-8-16(18,19)20/h3-6H,7-8H2,1-2H3. The van der Waals surface area contributed by atoms with Gasteiger partial charge in [-0.3, -0.25) is 13.9 Å². The van der Waals surface area contributed by atoms with E-state index in [1.54, 1.807) is 12.1 Å². The summed E-state index contributed by atoms with van der Waals surface area (Å²) in [5.41, 5.74) is -0.107. The molecule has 0 aliphatic heterocycles. The van der Waals surface area contributed by atoms with Crippen LogP contribution >= 0.6 is 11.6 Å². The molecule has 0 bridgehead atoms. The quantitative estimate of drug-likeness (QED) is 0.626. The Labute approximate surface area is 155 Å². The van der Waals surface area contributed by atoms with Gasteiger partial charge in [-0.25, -0.2) is 4.79 Å². The highest BCUT2D eigenvalue weighted by Gasteiger charge is 2.28. The van der Waals surface area contributed by atoms with Gasteiger partial charge in [-0.1, -0.05) is 12.1 Å². The minimum Gasteiger partial charge on any atom is -0.484 e. The van der Waals surface area contributed by atoms with E-state index in [1.807, 2.05) is 0 Å². The first kappa shape index (κ1) is 19.0. The average molecular weight is 403 g/mol. The molecule has 0 N–H and O–H groups in total. The minimum atomic E-state index is -4.42. The van der Waals surface area contributed by atoms with Gasteiger partial charge in [-0.15, -0.1) is 0 Å². The fourth-order valence-corrected chi connectivity index (χ4v) is 2.83. The summed E-state index contributed by atoms with van der Waals surface area (Å²) in [6.07, 6.45) is -4.42. The van der Waals surface area contributed by atoms with Crippen LogP contribution in [0.15, 0.2) is 33.9 Å². The number of aromatic nitrogens is 4. The van der Waals surface area contributed by atoms with Gasteiger partial charge in [0.15, 0.2) is 17.8 Å². The second-order valence-corrected chi connectivity index (χ2v) is 6.23. The summed E-state index contributed by atoms with van der Waals surface area (Å²) >= 11 is 6.14. The predicted octanol–water partition coefficient (Wildman–Crippen LogP) is 2.08. The maximum atomic E-state index is 12.5. The third kappa shape index (κ3) is 3.70. The number of hydrogen-bond donors (Lipinski definition) is 0. The average Bonchev–Trinajstić information content (AvgIpc) is 2.93. The molecule has 0 atom stereocenters. The molecule has 0 spiro atoms. The number of ether oxygens (including phenoxy) is 1. The molecule has 27 heavy (non-hydrogen) atoms. The van der Waals surface area contributed by atoms with Gasteiger partial charge in [0.05, 0.1) is 6.54 Å². The number of nitrogens with zero attached hydrogens (tertiary/aromatic N) is 4. The first-order chi connectivity index (χ1) is 12.6. The smallest absolute Gasteiger partial charge is 0.422 e. The third-order valence-corrected chi connectivity index (χ3v) is 4.26. The second kappa shape index (κ2) is 6.76. The Morgan fingerprint density at radius 1 is 1.11 bits per heavy atom. The first-order valence-electron chi connectivity index (χ1n) is 7.68. The largest absolute Gasteiger partial charge is 0.484 e. The van der Waals surface area contributed by atoms with Gasteiger partial charge >= 0.3 is 11.9 Å². The zero-order valence-corrected chi connectivity index (χ0v) is 15.0. The van der Waals surface area contributed by atoms with Crippen molar-refractivity contribution < 1.29 is 17.9 Å². The molecule has 0 radical (unpaired) electrons. The van der Waals surface area contributed by atoms with Crippen molar-refractivity contribution in [1.29, 1.82) is 0 Å². The Morgan fingerprint density at radius 3 is 2.33 bits per heavy atom. The van der Waals surface area contributed by atoms with E-state index in [2.05, 4.69) is 9.72 Å². The van der Waals surface area contributed by atoms with Crippen LogP contribution in [0.25, 0.3) is 11.2 Å². The van der Waals surface area contributed by atoms with E-state index in [0.29, 0.717) is 5.56 Å². The summed E-state index contributed by atoms with van der Waals surface area (Å²) in [6.45, 7) is -1.24. The number of aryl methyl sites for hydroxylation is 1. The summed E-state index contributed by atoms with van der Waals surface area (Å²) in [7, 11) is 2.83. The Kier molecular flexibility index (Phi) is 4.77. The van der Waals surface area contributed by atoms with Crippen molar-refractivity contribution in [3.05, 3.63) is 56.0 Å². The van der Waals surface area contributed by atoms with Gasteiger partial charge in [-0.05, 0) is 29.3 Å². The van der Waals surface area contributed by atoms with Crippen LogP contribution in [0.1, 0.15) is 5.56 Å². The Morgan fingerprint density at radius 2 is 1.74 bits per heavy atom. The molecule has 3 aromatic rings. The zero-order valence-electron chi connectivity index (χ0n) is 14.2. The van der Waals surface area contributed by atoms with Crippen LogP contribution in [-0.2, 0) is 20.6 Å². The van der Waals surface area contributed by atoms with Crippen molar-refractivity contribution in [3.63, 3.8) is 0 Å². The fraction of sp³-hybridized carbons (Fsp3) is 0.312. The SMILES string of the molecule is Cn1c(=O)c2c(nc(Cl)n2Cc2ccc(OCC(F)(F)F)cc2)n(C)c1=O. The van der Waals surface area contributed by atoms with Gasteiger partial charge in [0.1, 0.15) is 5.75 Å². The van der Waals surface area contributed by atoms with Gasteiger partial charge in [0, 0.05) is 14.1 Å². The van der Waals surface area contributed by atoms with Crippen molar-refractivity contribution in [2.75, 3.05) is 6.61 Å². The molecule has 2 heterocycles. The zero-order chi connectivity index (χ0) is 19.9. The molecule has 0 unspecified atom stereocenters. The maximum absolute atomic E-state index is 12.5. The lowest BCUT2D eigenvalue weighted by molar-refractivity contribution is -0.153. The maximum Gasteiger partial charge on any atom is 0.422 e. The van der Waals surface area contributed by atoms with E-state index >= 15 is 0 Å². The van der Waals surface area contributed by atoms with Crippen molar-refractivity contribution >= 4 is 22.8 Å². The molecule has 0 saturated heterocycles. The van der Waals surface area contributed by atoms with Crippen molar-refractivity contribution in [1.82, 2.24) is 18.7 Å². The molecule has 3 rings (SSSR count). The summed E-state index contributed by atoms with van der Waals surface area (Å²) in [6, 6.07) is 5.89. The molecular formula is C16H14ClF3N4O3. The van der Waals surface area contributed by atoms with Crippen LogP contribution in [0.3, 0.4) is 0 Å². The number of halogens is 4. The van der Waals surface area contributed by atoms with E-state index in [4.69, 9.17) is 11.6 Å². The number of hydrogen-bond acceptors (Lipinski definition) is 4. The molecule has 1 aromatic carbocycles. The van der Waals surface area contributed by atoms with Crippen LogP contribution in [0, 0.1) is 0 Å². The van der Waals surface area contributed by atoms with Crippen LogP contribution in [-0.4, -0.2) is 31.5 Å². The molecule has 144 valence electrons. The van der Waals surface area contributed by atoms with E-state index in [1.165, 1.54) is 35.4 Å². The number of imidazole rings is 1. The van der Waals surface area contributed by atoms with E-state index < -0.39 is 24.0 Å². The monoisotopic (exact) mass is 402 g/mol. The fourth-order valence-electron chi connectivity index (χ4n) is 2.60. The minimum absolute atomic E-state index is 0.0145. The second-order valence-electron chi connectivity index (χ2n) is 5.89. The van der Waals surface area contributed by atoms with Crippen molar-refractivity contribution in [2.45, 2.75) is 12.7 Å². The van der Waals surface area contributed by atoms with Crippen LogP contribution in [0.2, 0.25) is 5.28 Å². The van der Waals surface area contributed by atoms with Crippen LogP contribution < -0.4 is 16.0 Å². The number of rotatable bonds is 4. The number of fused-ring (bicyclic) bond motifs is 1. The highest BCUT2D eigenvalue weighted by Crippen LogP contribution is 2.21. The lowest BCUT2D eigenvalue weighted by Crippen LogP contribution is -2.37. The van der Waals surface area contributed by atoms with Gasteiger partial charge in [0.2, 0.25) is 5.28 Å². The summed E-state index contributed by atoms with van der Waals surface area (Å²) in [5, 5.41) is 0.0145. The molecule has 11 heteroatoms. The van der Waals surface area contributed by atoms with Gasteiger partial charge in [-0.2, -0.15) is 18.2 Å². The summed E-state index contributed by atoms with van der Waals surface area (Å²) in [4.78, 5) is 28.5. The Hall–Kier alpha value is -2.75. The molecule has 0 saturated carbocycles. The van der Waals surface area contributed by atoms with E-state index in [0.717, 1.165) is 4.57 Å². The van der Waals surface area contributed by atoms with Gasteiger partial charge in [0.25, 0.3) is 5.56 Å². The van der Waals surface area contributed by atoms with E-state index in [9.17, 15) is 22.8 Å². The molecular weight excluding hydrogens is 389 g/mol. The lowest BCUT2D eigenvalue weighted by atomic mass is 10.2. The Bertz CT molecular complexity index is 1110. The highest BCUT2D eigenvalue weighted by atomic mass is 35.5. The molecule has 0 aliphatic rings. The predicted molar refractivity (Wildman–Crippen MR) is 92.3 cm³/mol. The first-order valence-corrected chi connectivity index (χ1v) is 8.06. The van der Waals surface area contributed by atoms with Gasteiger partial charge < -0.3 is 9.30 Å². The van der Waals surface area contributed by atoms with Crippen molar-refractivity contribution in [3.8, 4) is 5.75 Å². The highest BCUT2D eigenvalue weighted by molar-refractivity contribution is 6.29. The number of benzene rings is 1. The van der Waals surface area contributed by atoms with Crippen molar-refractivity contribution in [2.24, 2.45) is 14.1 Å². The third-order valence-electron chi connectivity index (χ3n) is 3.97. The molecule has 0 aliphatic carbocycles.